The van der Waals surface area contributed by atoms with Crippen LogP contribution in [0.1, 0.15) is 15.2 Å². The van der Waals surface area contributed by atoms with Crippen molar-refractivity contribution in [3.05, 3.63) is 67.7 Å². The molecule has 0 bridgehead atoms. The molecule has 4 nitrogen and oxygen atoms in total. The van der Waals surface area contributed by atoms with E-state index < -0.39 is 5.91 Å². The van der Waals surface area contributed by atoms with Gasteiger partial charge in [-0.1, -0.05) is 70.0 Å². The fourth-order valence-corrected chi connectivity index (χ4v) is 6.43. The first-order valence-electron chi connectivity index (χ1n) is 8.00. The number of thiophene rings is 1. The van der Waals surface area contributed by atoms with Crippen LogP contribution in [0.25, 0.3) is 10.1 Å². The molecule has 0 aliphatic carbocycles. The highest BCUT2D eigenvalue weighted by atomic mass is 35.5. The van der Waals surface area contributed by atoms with Crippen LogP contribution in [0.15, 0.2) is 40.7 Å². The summed E-state index contributed by atoms with van der Waals surface area (Å²) in [5.74, 6) is -0.0534. The zero-order chi connectivity index (χ0) is 20.5. The van der Waals surface area contributed by atoms with E-state index in [1.54, 1.807) is 24.3 Å². The number of carbonyl (C=O) groups is 1. The number of anilines is 1. The Kier molecular flexibility index (Phi) is 6.29. The van der Waals surface area contributed by atoms with Crippen LogP contribution < -0.4 is 5.32 Å². The second-order valence-electron chi connectivity index (χ2n) is 5.75. The Bertz CT molecular complexity index is 1210. The van der Waals surface area contributed by atoms with Crippen LogP contribution in [0.5, 0.6) is 0 Å². The molecule has 0 spiro atoms. The molecule has 2 aromatic carbocycles. The second-order valence-corrected chi connectivity index (χ2v) is 10.2. The summed E-state index contributed by atoms with van der Waals surface area (Å²) in [6.07, 6.45) is 0. The summed E-state index contributed by atoms with van der Waals surface area (Å²) < 4.78 is 14.4. The van der Waals surface area contributed by atoms with Gasteiger partial charge in [-0.15, -0.1) is 21.5 Å². The van der Waals surface area contributed by atoms with E-state index in [2.05, 4.69) is 15.5 Å². The Morgan fingerprint density at radius 3 is 2.62 bits per heavy atom. The number of aromatic nitrogens is 2. The first kappa shape index (κ1) is 20.8. The third-order valence-corrected chi connectivity index (χ3v) is 7.94. The van der Waals surface area contributed by atoms with Crippen molar-refractivity contribution in [1.82, 2.24) is 10.2 Å². The summed E-state index contributed by atoms with van der Waals surface area (Å²) >= 11 is 22.5. The van der Waals surface area contributed by atoms with Crippen LogP contribution in [0, 0.1) is 5.82 Å². The number of nitrogens with zero attached hydrogens (tertiary/aromatic N) is 2. The molecule has 0 unspecified atom stereocenters. The van der Waals surface area contributed by atoms with Gasteiger partial charge in [0.2, 0.25) is 5.13 Å². The van der Waals surface area contributed by atoms with Crippen LogP contribution in [0.2, 0.25) is 15.1 Å². The summed E-state index contributed by atoms with van der Waals surface area (Å²) in [6, 6.07) is 9.55. The fourth-order valence-electron chi connectivity index (χ4n) is 2.46. The van der Waals surface area contributed by atoms with Gasteiger partial charge in [0.1, 0.15) is 10.7 Å². The normalized spacial score (nSPS) is 11.2. The van der Waals surface area contributed by atoms with Gasteiger partial charge in [-0.25, -0.2) is 4.39 Å². The zero-order valence-corrected chi connectivity index (χ0v) is 18.9. The Labute approximate surface area is 192 Å². The maximum Gasteiger partial charge on any atom is 0.269 e. The van der Waals surface area contributed by atoms with Gasteiger partial charge in [0.15, 0.2) is 4.34 Å². The van der Waals surface area contributed by atoms with Crippen molar-refractivity contribution >= 4 is 90.4 Å². The second kappa shape index (κ2) is 8.75. The van der Waals surface area contributed by atoms with Gasteiger partial charge < -0.3 is 0 Å². The van der Waals surface area contributed by atoms with E-state index in [0.29, 0.717) is 35.5 Å². The van der Waals surface area contributed by atoms with Gasteiger partial charge in [-0.2, -0.15) is 0 Å². The maximum atomic E-state index is 13.0. The summed E-state index contributed by atoms with van der Waals surface area (Å²) in [4.78, 5) is 13.0. The standard InChI is InChI=1S/C18H9Cl3FN3OS3/c19-9-5-11(20)13-12(6-9)28-15(14(13)21)16(26)23-17-24-25-18(29-17)27-7-8-1-3-10(22)4-2-8/h1-6H,7H2,(H,23,24,26). The molecule has 148 valence electrons. The molecule has 11 heteroatoms. The van der Waals surface area contributed by atoms with Crippen molar-refractivity contribution < 1.29 is 9.18 Å². The molecule has 0 saturated heterocycles. The maximum absolute atomic E-state index is 13.0. The number of fused-ring (bicyclic) bond motifs is 1. The van der Waals surface area contributed by atoms with Crippen molar-refractivity contribution in [2.75, 3.05) is 5.32 Å². The summed E-state index contributed by atoms with van der Waals surface area (Å²) in [7, 11) is 0. The number of amides is 1. The first-order chi connectivity index (χ1) is 13.9. The lowest BCUT2D eigenvalue weighted by Crippen LogP contribution is -2.10. The number of carbonyl (C=O) groups excluding carboxylic acids is 1. The predicted octanol–water partition coefficient (Wildman–Crippen LogP) is 7.40. The van der Waals surface area contributed by atoms with Crippen LogP contribution >= 0.6 is 69.2 Å². The minimum absolute atomic E-state index is 0.275. The van der Waals surface area contributed by atoms with E-state index in [4.69, 9.17) is 34.8 Å². The molecule has 1 amide bonds. The highest BCUT2D eigenvalue weighted by Crippen LogP contribution is 2.41. The van der Waals surface area contributed by atoms with Crippen molar-refractivity contribution in [1.29, 1.82) is 0 Å². The van der Waals surface area contributed by atoms with Gasteiger partial charge in [-0.3, -0.25) is 10.1 Å². The summed E-state index contributed by atoms with van der Waals surface area (Å²) in [5.41, 5.74) is 0.963. The van der Waals surface area contributed by atoms with Crippen LogP contribution in [-0.2, 0) is 5.75 Å². The Morgan fingerprint density at radius 2 is 1.86 bits per heavy atom. The predicted molar refractivity (Wildman–Crippen MR) is 121 cm³/mol. The van der Waals surface area contributed by atoms with E-state index >= 15 is 0 Å². The number of halogens is 4. The first-order valence-corrected chi connectivity index (χ1v) is 11.7. The van der Waals surface area contributed by atoms with Crippen LogP contribution in [0.3, 0.4) is 0 Å². The van der Waals surface area contributed by atoms with Gasteiger partial charge in [0.05, 0.1) is 10.0 Å². The van der Waals surface area contributed by atoms with E-state index in [-0.39, 0.29) is 10.8 Å². The molecular formula is C18H9Cl3FN3OS3. The average Bonchev–Trinajstić information content (AvgIpc) is 3.25. The van der Waals surface area contributed by atoms with Gasteiger partial charge in [-0.05, 0) is 29.8 Å². The SMILES string of the molecule is O=C(Nc1nnc(SCc2ccc(F)cc2)s1)c1sc2cc(Cl)cc(Cl)c2c1Cl. The van der Waals surface area contributed by atoms with Crippen molar-refractivity contribution in [2.45, 2.75) is 10.1 Å². The molecule has 2 aromatic heterocycles. The Hall–Kier alpha value is -1.42. The molecule has 0 fully saturated rings. The minimum Gasteiger partial charge on any atom is -0.296 e. The molecular weight excluding hydrogens is 496 g/mol. The molecule has 4 aromatic rings. The Balaban J connectivity index is 1.46. The molecule has 0 atom stereocenters. The van der Waals surface area contributed by atoms with E-state index in [9.17, 15) is 9.18 Å². The van der Waals surface area contributed by atoms with E-state index in [0.717, 1.165) is 10.3 Å². The van der Waals surface area contributed by atoms with Crippen LogP contribution in [-0.4, -0.2) is 16.1 Å². The number of rotatable bonds is 5. The lowest BCUT2D eigenvalue weighted by molar-refractivity contribution is 0.103. The molecule has 29 heavy (non-hydrogen) atoms. The highest BCUT2D eigenvalue weighted by molar-refractivity contribution is 8.00. The Morgan fingerprint density at radius 1 is 1.10 bits per heavy atom. The molecule has 0 aliphatic rings. The fraction of sp³-hybridized carbons (Fsp3) is 0.0556. The molecule has 0 aliphatic heterocycles. The smallest absolute Gasteiger partial charge is 0.269 e. The number of hydrogen-bond acceptors (Lipinski definition) is 6. The van der Waals surface area contributed by atoms with Crippen LogP contribution in [0.4, 0.5) is 9.52 Å². The van der Waals surface area contributed by atoms with Gasteiger partial charge >= 0.3 is 0 Å². The molecule has 1 N–H and O–H groups in total. The quantitative estimate of drug-likeness (QED) is 0.227. The number of benzene rings is 2. The summed E-state index contributed by atoms with van der Waals surface area (Å²) in [6.45, 7) is 0. The van der Waals surface area contributed by atoms with E-state index in [1.165, 1.54) is 46.6 Å². The van der Waals surface area contributed by atoms with Crippen molar-refractivity contribution in [3.63, 3.8) is 0 Å². The van der Waals surface area contributed by atoms with Crippen molar-refractivity contribution in [3.8, 4) is 0 Å². The largest absolute Gasteiger partial charge is 0.296 e. The molecule has 0 saturated carbocycles. The third kappa shape index (κ3) is 4.68. The van der Waals surface area contributed by atoms with Crippen molar-refractivity contribution in [2.24, 2.45) is 0 Å². The molecule has 0 radical (unpaired) electrons. The molecule has 4 rings (SSSR count). The number of thioether (sulfide) groups is 1. The van der Waals surface area contributed by atoms with Gasteiger partial charge in [0, 0.05) is 20.9 Å². The number of hydrogen-bond donors (Lipinski definition) is 1. The molecule has 2 heterocycles. The van der Waals surface area contributed by atoms with E-state index in [1.807, 2.05) is 0 Å². The third-order valence-electron chi connectivity index (χ3n) is 3.76. The average molecular weight is 505 g/mol. The topological polar surface area (TPSA) is 54.9 Å². The lowest BCUT2D eigenvalue weighted by Gasteiger charge is -1.99. The monoisotopic (exact) mass is 503 g/mol. The summed E-state index contributed by atoms with van der Waals surface area (Å²) in [5, 5.41) is 12.9. The lowest BCUT2D eigenvalue weighted by atomic mass is 10.2. The minimum atomic E-state index is -0.394. The zero-order valence-electron chi connectivity index (χ0n) is 14.2. The van der Waals surface area contributed by atoms with Gasteiger partial charge in [0.25, 0.3) is 5.91 Å². The highest BCUT2D eigenvalue weighted by Gasteiger charge is 2.21. The number of nitrogens with one attached hydrogen (secondary N) is 1.